The van der Waals surface area contributed by atoms with Crippen LogP contribution in [-0.2, 0) is 0 Å². The third kappa shape index (κ3) is 2.55. The molecule has 0 nitrogen and oxygen atoms in total. The first kappa shape index (κ1) is 13.5. The Morgan fingerprint density at radius 1 is 1.00 bits per heavy atom. The second-order valence-electron chi connectivity index (χ2n) is 4.42. The molecular formula is C14H18Si2. The van der Waals surface area contributed by atoms with Gasteiger partial charge in [-0.15, -0.1) is 0 Å². The number of benzene rings is 1. The minimum Gasteiger partial charge on any atom is -0.0734 e. The topological polar surface area (TPSA) is 0 Å². The van der Waals surface area contributed by atoms with Crippen LogP contribution in [0.3, 0.4) is 0 Å². The summed E-state index contributed by atoms with van der Waals surface area (Å²) in [5, 5.41) is 0.237. The third-order valence-electron chi connectivity index (χ3n) is 3.49. The third-order valence-corrected chi connectivity index (χ3v) is 4.35. The fourth-order valence-electron chi connectivity index (χ4n) is 1.79. The maximum atomic E-state index is 3.60. The quantitative estimate of drug-likeness (QED) is 0.697. The van der Waals surface area contributed by atoms with Crippen molar-refractivity contribution in [3.63, 3.8) is 0 Å². The molecule has 0 aliphatic carbocycles. The van der Waals surface area contributed by atoms with Crippen LogP contribution in [0.1, 0.15) is 36.1 Å². The second-order valence-corrected chi connectivity index (χ2v) is 6.15. The average Bonchev–Trinajstić information content (AvgIpc) is 2.24. The van der Waals surface area contributed by atoms with Crippen molar-refractivity contribution in [2.24, 2.45) is 0 Å². The van der Waals surface area contributed by atoms with E-state index in [4.69, 9.17) is 0 Å². The lowest BCUT2D eigenvalue weighted by atomic mass is 9.93. The van der Waals surface area contributed by atoms with E-state index in [-0.39, 0.29) is 5.16 Å². The summed E-state index contributed by atoms with van der Waals surface area (Å²) in [5.41, 5.74) is 8.15. The van der Waals surface area contributed by atoms with E-state index in [1.54, 1.807) is 0 Å². The lowest BCUT2D eigenvalue weighted by Gasteiger charge is -2.16. The van der Waals surface area contributed by atoms with Gasteiger partial charge in [-0.25, -0.2) is 0 Å². The Hall–Kier alpha value is -0.606. The zero-order chi connectivity index (χ0) is 12.5. The first-order valence-electron chi connectivity index (χ1n) is 5.53. The number of hydrogen-bond donors (Lipinski definition) is 0. The summed E-state index contributed by atoms with van der Waals surface area (Å²) in [6.07, 6.45) is 0. The Labute approximate surface area is 106 Å². The summed E-state index contributed by atoms with van der Waals surface area (Å²) in [6, 6.07) is 4.42. The molecule has 0 unspecified atom stereocenters. The van der Waals surface area contributed by atoms with Crippen molar-refractivity contribution >= 4 is 26.1 Å². The fourth-order valence-corrected chi connectivity index (χ4v) is 2.22. The molecule has 82 valence electrons. The lowest BCUT2D eigenvalue weighted by Crippen LogP contribution is -1.99. The van der Waals surface area contributed by atoms with Gasteiger partial charge >= 0.3 is 0 Å². The van der Waals surface area contributed by atoms with E-state index in [1.807, 2.05) is 0 Å². The normalized spacial score (nSPS) is 13.0. The van der Waals surface area contributed by atoms with E-state index in [2.05, 4.69) is 67.2 Å². The van der Waals surface area contributed by atoms with Gasteiger partial charge in [0.1, 0.15) is 0 Å². The van der Waals surface area contributed by atoms with Crippen molar-refractivity contribution in [3.8, 4) is 0 Å². The van der Waals surface area contributed by atoms with Crippen molar-refractivity contribution in [3.05, 3.63) is 40.0 Å². The second kappa shape index (κ2) is 5.15. The van der Waals surface area contributed by atoms with Crippen molar-refractivity contribution in [1.29, 1.82) is 0 Å². The highest BCUT2D eigenvalue weighted by Gasteiger charge is 2.09. The fraction of sp³-hybridized carbons (Fsp3) is 0.429. The van der Waals surface area contributed by atoms with Crippen LogP contribution in [0.4, 0.5) is 0 Å². The number of allylic oxidation sites excluding steroid dienone is 2. The van der Waals surface area contributed by atoms with Gasteiger partial charge in [-0.3, -0.25) is 0 Å². The highest BCUT2D eigenvalue weighted by atomic mass is 28.2. The van der Waals surface area contributed by atoms with Crippen LogP contribution in [-0.4, -0.2) is 20.5 Å². The summed E-state index contributed by atoms with van der Waals surface area (Å²) >= 11 is 0. The van der Waals surface area contributed by atoms with Gasteiger partial charge in [0.25, 0.3) is 0 Å². The molecule has 0 aromatic heterocycles. The van der Waals surface area contributed by atoms with Gasteiger partial charge in [-0.05, 0) is 67.6 Å². The van der Waals surface area contributed by atoms with Crippen molar-refractivity contribution in [1.82, 2.24) is 0 Å². The summed E-state index contributed by atoms with van der Waals surface area (Å²) in [7, 11) is 7.20. The SMILES string of the molecule is CC(=C(C)C([Si])[Si])c1ccc(C)c(C)c1C. The molecule has 0 amide bonds. The molecule has 0 saturated carbocycles. The van der Waals surface area contributed by atoms with Crippen LogP contribution in [0.25, 0.3) is 5.57 Å². The molecule has 0 spiro atoms. The first-order chi connectivity index (χ1) is 7.36. The smallest absolute Gasteiger partial charge is 0.0275 e. The number of rotatable bonds is 2. The van der Waals surface area contributed by atoms with Gasteiger partial charge in [0, 0.05) is 20.5 Å². The van der Waals surface area contributed by atoms with Crippen LogP contribution >= 0.6 is 0 Å². The minimum atomic E-state index is 0.237. The van der Waals surface area contributed by atoms with Gasteiger partial charge in [-0.1, -0.05) is 17.7 Å². The molecule has 0 saturated heterocycles. The molecule has 1 aromatic carbocycles. The standard InChI is InChI=1S/C14H18Si2/c1-8-6-7-13(10(3)9(8)2)11(4)12(5)14(15)16/h6-7,14H,1-5H3. The zero-order valence-electron chi connectivity index (χ0n) is 10.7. The predicted molar refractivity (Wildman–Crippen MR) is 74.2 cm³/mol. The van der Waals surface area contributed by atoms with Crippen LogP contribution in [0.15, 0.2) is 17.7 Å². The summed E-state index contributed by atoms with van der Waals surface area (Å²) < 4.78 is 0. The van der Waals surface area contributed by atoms with E-state index in [9.17, 15) is 0 Å². The molecule has 1 aromatic rings. The zero-order valence-corrected chi connectivity index (χ0v) is 12.7. The largest absolute Gasteiger partial charge is 0.0734 e. The maximum Gasteiger partial charge on any atom is 0.0275 e. The highest BCUT2D eigenvalue weighted by Crippen LogP contribution is 2.28. The van der Waals surface area contributed by atoms with E-state index in [0.29, 0.717) is 0 Å². The summed E-state index contributed by atoms with van der Waals surface area (Å²) in [6.45, 7) is 10.9. The van der Waals surface area contributed by atoms with Gasteiger partial charge < -0.3 is 0 Å². The Bertz CT molecular complexity index is 429. The monoisotopic (exact) mass is 242 g/mol. The molecule has 0 heterocycles. The molecule has 6 radical (unpaired) electrons. The minimum absolute atomic E-state index is 0.237. The molecule has 0 atom stereocenters. The molecule has 0 aliphatic rings. The summed E-state index contributed by atoms with van der Waals surface area (Å²) in [4.78, 5) is 0. The Balaban J connectivity index is 3.36. The van der Waals surface area contributed by atoms with Crippen LogP contribution < -0.4 is 0 Å². The molecular weight excluding hydrogens is 224 g/mol. The Morgan fingerprint density at radius 2 is 1.56 bits per heavy atom. The van der Waals surface area contributed by atoms with Gasteiger partial charge in [-0.2, -0.15) is 0 Å². The van der Waals surface area contributed by atoms with Crippen molar-refractivity contribution < 1.29 is 0 Å². The van der Waals surface area contributed by atoms with Gasteiger partial charge in [0.05, 0.1) is 0 Å². The highest BCUT2D eigenvalue weighted by molar-refractivity contribution is 6.37. The molecule has 16 heavy (non-hydrogen) atoms. The number of aryl methyl sites for hydroxylation is 1. The van der Waals surface area contributed by atoms with E-state index in [1.165, 1.54) is 33.4 Å². The van der Waals surface area contributed by atoms with Gasteiger partial charge in [0.2, 0.25) is 0 Å². The molecule has 1 rings (SSSR count). The molecule has 0 aliphatic heterocycles. The summed E-state index contributed by atoms with van der Waals surface area (Å²) in [5.74, 6) is 0. The van der Waals surface area contributed by atoms with Crippen LogP contribution in [0.5, 0.6) is 0 Å². The van der Waals surface area contributed by atoms with Crippen molar-refractivity contribution in [2.75, 3.05) is 0 Å². The lowest BCUT2D eigenvalue weighted by molar-refractivity contribution is 1.22. The first-order valence-corrected chi connectivity index (χ1v) is 6.68. The van der Waals surface area contributed by atoms with E-state index in [0.717, 1.165) is 0 Å². The molecule has 2 heteroatoms. The Kier molecular flexibility index (Phi) is 4.33. The van der Waals surface area contributed by atoms with Crippen LogP contribution in [0.2, 0.25) is 5.16 Å². The Morgan fingerprint density at radius 3 is 2.06 bits per heavy atom. The molecule has 0 fully saturated rings. The van der Waals surface area contributed by atoms with E-state index < -0.39 is 0 Å². The molecule has 0 N–H and O–H groups in total. The molecule has 0 bridgehead atoms. The predicted octanol–water partition coefficient (Wildman–Crippen LogP) is 3.49. The van der Waals surface area contributed by atoms with Crippen molar-refractivity contribution in [2.45, 2.75) is 39.8 Å². The van der Waals surface area contributed by atoms with Crippen LogP contribution in [0, 0.1) is 20.8 Å². The maximum absolute atomic E-state index is 3.60. The van der Waals surface area contributed by atoms with E-state index >= 15 is 0 Å². The average molecular weight is 242 g/mol. The van der Waals surface area contributed by atoms with Gasteiger partial charge in [0.15, 0.2) is 0 Å². The number of hydrogen-bond acceptors (Lipinski definition) is 0.